The minimum Gasteiger partial charge on any atom is -0.381 e. The van der Waals surface area contributed by atoms with E-state index in [1.54, 1.807) is 24.0 Å². The molecule has 8 heteroatoms. The Morgan fingerprint density at radius 1 is 1.31 bits per heavy atom. The number of hydrogen-bond acceptors (Lipinski definition) is 6. The second-order valence-electron chi connectivity index (χ2n) is 7.21. The maximum atomic E-state index is 12.8. The van der Waals surface area contributed by atoms with Crippen molar-refractivity contribution >= 4 is 34.5 Å². The molecule has 0 saturated carbocycles. The molecular formula is C21H22N4O3S. The number of aromatic nitrogens is 1. The van der Waals surface area contributed by atoms with Gasteiger partial charge in [0.2, 0.25) is 5.91 Å². The molecule has 0 spiro atoms. The van der Waals surface area contributed by atoms with Gasteiger partial charge in [-0.2, -0.15) is 5.26 Å². The molecule has 4 rings (SSSR count). The van der Waals surface area contributed by atoms with E-state index in [4.69, 9.17) is 10.00 Å². The first-order chi connectivity index (χ1) is 14.2. The highest BCUT2D eigenvalue weighted by molar-refractivity contribution is 7.99. The molecule has 1 aromatic heterocycles. The maximum Gasteiger partial charge on any atom is 0.252 e. The fourth-order valence-electron chi connectivity index (χ4n) is 3.79. The number of ether oxygens (including phenoxy) is 1. The molecule has 1 aromatic carbocycles. The third kappa shape index (κ3) is 4.21. The number of fused-ring (bicyclic) bond motifs is 1. The van der Waals surface area contributed by atoms with E-state index in [2.05, 4.69) is 22.4 Å². The molecule has 1 unspecified atom stereocenters. The predicted molar refractivity (Wildman–Crippen MR) is 110 cm³/mol. The van der Waals surface area contributed by atoms with Crippen molar-refractivity contribution < 1.29 is 14.3 Å². The number of carbonyl (C=O) groups excluding carboxylic acids is 2. The van der Waals surface area contributed by atoms with E-state index in [1.165, 1.54) is 10.5 Å². The summed E-state index contributed by atoms with van der Waals surface area (Å²) in [6.07, 6.45) is 3.54. The lowest BCUT2D eigenvalue weighted by Crippen LogP contribution is -2.42. The van der Waals surface area contributed by atoms with E-state index >= 15 is 0 Å². The van der Waals surface area contributed by atoms with Gasteiger partial charge >= 0.3 is 0 Å². The first kappa shape index (κ1) is 19.7. The van der Waals surface area contributed by atoms with Crippen LogP contribution in [0.5, 0.6) is 0 Å². The molecule has 2 aliphatic rings. The van der Waals surface area contributed by atoms with Gasteiger partial charge in [-0.3, -0.25) is 14.6 Å². The van der Waals surface area contributed by atoms with Gasteiger partial charge in [0.05, 0.1) is 29.6 Å². The highest BCUT2D eigenvalue weighted by Gasteiger charge is 2.29. The zero-order valence-corrected chi connectivity index (χ0v) is 16.8. The molecule has 0 radical (unpaired) electrons. The number of rotatable bonds is 4. The number of amides is 2. The SMILES string of the molecule is N#CC1CSCN1C(=O)CNC(=O)c1ccnc2ccc(C3CCOCC3)cc12. The number of nitrogens with zero attached hydrogens (tertiary/aromatic N) is 3. The largest absolute Gasteiger partial charge is 0.381 e. The van der Waals surface area contributed by atoms with Crippen LogP contribution in [0.15, 0.2) is 30.5 Å². The van der Waals surface area contributed by atoms with E-state index in [0.29, 0.717) is 23.1 Å². The molecule has 1 atom stereocenters. The van der Waals surface area contributed by atoms with Gasteiger partial charge in [-0.15, -0.1) is 11.8 Å². The quantitative estimate of drug-likeness (QED) is 0.831. The van der Waals surface area contributed by atoms with Crippen molar-refractivity contribution in [2.75, 3.05) is 31.4 Å². The summed E-state index contributed by atoms with van der Waals surface area (Å²) in [6, 6.07) is 9.45. The summed E-state index contributed by atoms with van der Waals surface area (Å²) < 4.78 is 5.45. The van der Waals surface area contributed by atoms with Crippen LogP contribution in [-0.2, 0) is 9.53 Å². The van der Waals surface area contributed by atoms with Crippen LogP contribution in [0, 0.1) is 11.3 Å². The summed E-state index contributed by atoms with van der Waals surface area (Å²) in [4.78, 5) is 31.1. The van der Waals surface area contributed by atoms with Crippen LogP contribution < -0.4 is 5.32 Å². The van der Waals surface area contributed by atoms with Crippen molar-refractivity contribution in [3.63, 3.8) is 0 Å². The Hall–Kier alpha value is -2.63. The summed E-state index contributed by atoms with van der Waals surface area (Å²) in [6.45, 7) is 1.38. The minimum atomic E-state index is -0.423. The molecule has 2 aliphatic heterocycles. The molecule has 2 amide bonds. The smallest absolute Gasteiger partial charge is 0.252 e. The first-order valence-electron chi connectivity index (χ1n) is 9.69. The second kappa shape index (κ2) is 8.80. The Bertz CT molecular complexity index is 968. The van der Waals surface area contributed by atoms with Crippen LogP contribution >= 0.6 is 11.8 Å². The lowest BCUT2D eigenvalue weighted by Gasteiger charge is -2.22. The highest BCUT2D eigenvalue weighted by atomic mass is 32.2. The first-order valence-corrected chi connectivity index (χ1v) is 10.8. The fourth-order valence-corrected chi connectivity index (χ4v) is 4.90. The second-order valence-corrected chi connectivity index (χ2v) is 8.21. The zero-order chi connectivity index (χ0) is 20.2. The van der Waals surface area contributed by atoms with Gasteiger partial charge in [0.25, 0.3) is 5.91 Å². The fraction of sp³-hybridized carbons (Fsp3) is 0.429. The van der Waals surface area contributed by atoms with Crippen LogP contribution in [0.1, 0.15) is 34.7 Å². The Labute approximate surface area is 173 Å². The lowest BCUT2D eigenvalue weighted by molar-refractivity contribution is -0.129. The van der Waals surface area contributed by atoms with Crippen molar-refractivity contribution in [2.45, 2.75) is 24.8 Å². The monoisotopic (exact) mass is 410 g/mol. The molecule has 7 nitrogen and oxygen atoms in total. The van der Waals surface area contributed by atoms with Gasteiger partial charge in [0.15, 0.2) is 0 Å². The van der Waals surface area contributed by atoms with Gasteiger partial charge < -0.3 is 15.0 Å². The van der Waals surface area contributed by atoms with Gasteiger partial charge in [0.1, 0.15) is 6.04 Å². The maximum absolute atomic E-state index is 12.8. The summed E-state index contributed by atoms with van der Waals surface area (Å²) >= 11 is 1.54. The van der Waals surface area contributed by atoms with Crippen molar-refractivity contribution in [3.8, 4) is 6.07 Å². The third-order valence-corrected chi connectivity index (χ3v) is 6.47. The molecule has 1 N–H and O–H groups in total. The van der Waals surface area contributed by atoms with Gasteiger partial charge in [-0.25, -0.2) is 0 Å². The number of pyridine rings is 1. The minimum absolute atomic E-state index is 0.124. The normalized spacial score (nSPS) is 19.8. The van der Waals surface area contributed by atoms with Gasteiger partial charge in [-0.1, -0.05) is 6.07 Å². The molecule has 2 fully saturated rings. The van der Waals surface area contributed by atoms with Crippen LogP contribution in [0.4, 0.5) is 0 Å². The molecule has 29 heavy (non-hydrogen) atoms. The third-order valence-electron chi connectivity index (χ3n) is 5.45. The molecular weight excluding hydrogens is 388 g/mol. The number of benzene rings is 1. The van der Waals surface area contributed by atoms with E-state index < -0.39 is 6.04 Å². The summed E-state index contributed by atoms with van der Waals surface area (Å²) in [5.74, 6) is 0.965. The topological polar surface area (TPSA) is 95.3 Å². The Kier molecular flexibility index (Phi) is 5.97. The molecule has 2 aromatic rings. The van der Waals surface area contributed by atoms with Crippen molar-refractivity contribution in [1.29, 1.82) is 5.26 Å². The van der Waals surface area contributed by atoms with Crippen LogP contribution in [0.3, 0.4) is 0 Å². The standard InChI is InChI=1S/C21H22N4O3S/c22-10-16-12-29-13-25(16)20(26)11-24-21(27)17-3-6-23-19-2-1-15(9-18(17)19)14-4-7-28-8-5-14/h1-3,6,9,14,16H,4-5,7-8,11-13H2,(H,24,27). The zero-order valence-electron chi connectivity index (χ0n) is 16.0. The molecule has 3 heterocycles. The van der Waals surface area contributed by atoms with Gasteiger partial charge in [0, 0.05) is 30.5 Å². The Morgan fingerprint density at radius 3 is 2.93 bits per heavy atom. The highest BCUT2D eigenvalue weighted by Crippen LogP contribution is 2.30. The van der Waals surface area contributed by atoms with E-state index in [9.17, 15) is 9.59 Å². The van der Waals surface area contributed by atoms with E-state index in [-0.39, 0.29) is 18.4 Å². The number of thioether (sulfide) groups is 1. The predicted octanol–water partition coefficient (Wildman–Crippen LogP) is 2.28. The van der Waals surface area contributed by atoms with Gasteiger partial charge in [-0.05, 0) is 42.5 Å². The van der Waals surface area contributed by atoms with Crippen molar-refractivity contribution in [2.24, 2.45) is 0 Å². The summed E-state index contributed by atoms with van der Waals surface area (Å²) in [5.41, 5.74) is 2.44. The van der Waals surface area contributed by atoms with Crippen LogP contribution in [-0.4, -0.2) is 59.1 Å². The molecule has 0 aliphatic carbocycles. The average Bonchev–Trinajstić information content (AvgIpc) is 3.26. The van der Waals surface area contributed by atoms with Crippen molar-refractivity contribution in [1.82, 2.24) is 15.2 Å². The number of carbonyl (C=O) groups is 2. The average molecular weight is 410 g/mol. The summed E-state index contributed by atoms with van der Waals surface area (Å²) in [5, 5.41) is 12.6. The Morgan fingerprint density at radius 2 is 2.14 bits per heavy atom. The lowest BCUT2D eigenvalue weighted by atomic mass is 9.90. The van der Waals surface area contributed by atoms with Crippen LogP contribution in [0.2, 0.25) is 0 Å². The summed E-state index contributed by atoms with van der Waals surface area (Å²) in [7, 11) is 0. The number of hydrogen-bond donors (Lipinski definition) is 1. The number of nitriles is 1. The number of nitrogens with one attached hydrogen (secondary N) is 1. The van der Waals surface area contributed by atoms with Crippen molar-refractivity contribution in [3.05, 3.63) is 41.6 Å². The molecule has 150 valence electrons. The van der Waals surface area contributed by atoms with E-state index in [0.717, 1.165) is 37.0 Å². The van der Waals surface area contributed by atoms with Crippen LogP contribution in [0.25, 0.3) is 10.9 Å². The molecule has 0 bridgehead atoms. The van der Waals surface area contributed by atoms with E-state index in [1.807, 2.05) is 12.1 Å². The Balaban J connectivity index is 1.51. The molecule has 2 saturated heterocycles.